The second kappa shape index (κ2) is 6.62. The van der Waals surface area contributed by atoms with Crippen LogP contribution in [0.15, 0.2) is 42.6 Å². The van der Waals surface area contributed by atoms with E-state index in [-0.39, 0.29) is 5.78 Å². The largest absolute Gasteiger partial charge is 0.318 e. The molecular formula is C16H15N3O3. The van der Waals surface area contributed by atoms with Gasteiger partial charge in [0.1, 0.15) is 5.82 Å². The number of benzene rings is 1. The normalized spacial score (nSPS) is 9.91. The summed E-state index contributed by atoms with van der Waals surface area (Å²) in [5.74, 6) is -1.39. The number of Topliss-reactive ketones (excluding diaryl/α,β-unsaturated/α-hetero) is 1. The summed E-state index contributed by atoms with van der Waals surface area (Å²) in [5, 5.41) is 4.85. The van der Waals surface area contributed by atoms with Crippen molar-refractivity contribution in [2.24, 2.45) is 0 Å². The molecule has 2 rings (SSSR count). The molecule has 1 heterocycles. The summed E-state index contributed by atoms with van der Waals surface area (Å²) in [4.78, 5) is 38.7. The van der Waals surface area contributed by atoms with Crippen LogP contribution in [0, 0.1) is 6.92 Å². The van der Waals surface area contributed by atoms with E-state index < -0.39 is 11.8 Å². The molecule has 2 N–H and O–H groups in total. The zero-order valence-electron chi connectivity index (χ0n) is 12.2. The summed E-state index contributed by atoms with van der Waals surface area (Å²) in [7, 11) is 0. The number of nitrogens with zero attached hydrogens (tertiary/aromatic N) is 1. The molecule has 0 fully saturated rings. The molecule has 6 heteroatoms. The lowest BCUT2D eigenvalue weighted by molar-refractivity contribution is -0.133. The zero-order valence-corrected chi connectivity index (χ0v) is 12.2. The number of hydrogen-bond donors (Lipinski definition) is 2. The molecule has 0 aliphatic carbocycles. The summed E-state index contributed by atoms with van der Waals surface area (Å²) in [6.07, 6.45) is 1.59. The van der Waals surface area contributed by atoms with E-state index >= 15 is 0 Å². The van der Waals surface area contributed by atoms with Gasteiger partial charge in [0.05, 0.1) is 0 Å². The van der Waals surface area contributed by atoms with Crippen molar-refractivity contribution in [3.63, 3.8) is 0 Å². The van der Waals surface area contributed by atoms with E-state index in [9.17, 15) is 14.4 Å². The Labute approximate surface area is 127 Å². The van der Waals surface area contributed by atoms with Gasteiger partial charge in [0.2, 0.25) is 0 Å². The third kappa shape index (κ3) is 3.99. The minimum atomic E-state index is -0.813. The fourth-order valence-electron chi connectivity index (χ4n) is 1.69. The van der Waals surface area contributed by atoms with Crippen molar-refractivity contribution < 1.29 is 14.4 Å². The van der Waals surface area contributed by atoms with Crippen LogP contribution in [-0.2, 0) is 9.59 Å². The molecule has 0 aliphatic rings. The number of rotatable bonds is 3. The Kier molecular flexibility index (Phi) is 4.63. The highest BCUT2D eigenvalue weighted by Crippen LogP contribution is 2.10. The Hall–Kier alpha value is -3.02. The lowest BCUT2D eigenvalue weighted by Crippen LogP contribution is -2.29. The minimum absolute atomic E-state index is 0.0685. The molecule has 0 spiro atoms. The molecule has 6 nitrogen and oxygen atoms in total. The average molecular weight is 297 g/mol. The van der Waals surface area contributed by atoms with Gasteiger partial charge >= 0.3 is 11.8 Å². The van der Waals surface area contributed by atoms with Gasteiger partial charge in [-0.05, 0) is 49.7 Å². The predicted octanol–water partition coefficient (Wildman–Crippen LogP) is 2.17. The van der Waals surface area contributed by atoms with Crippen LogP contribution in [0.4, 0.5) is 11.5 Å². The molecular weight excluding hydrogens is 282 g/mol. The topological polar surface area (TPSA) is 88.2 Å². The van der Waals surface area contributed by atoms with Crippen LogP contribution in [0.2, 0.25) is 0 Å². The molecule has 22 heavy (non-hydrogen) atoms. The van der Waals surface area contributed by atoms with Crippen LogP contribution < -0.4 is 10.6 Å². The molecule has 0 saturated heterocycles. The molecule has 0 saturated carbocycles. The Bertz CT molecular complexity index is 706. The number of carbonyl (C=O) groups excluding carboxylic acids is 3. The van der Waals surface area contributed by atoms with Gasteiger partial charge in [-0.15, -0.1) is 0 Å². The fourth-order valence-corrected chi connectivity index (χ4v) is 1.69. The van der Waals surface area contributed by atoms with Crippen LogP contribution in [0.5, 0.6) is 0 Å². The van der Waals surface area contributed by atoms with Crippen LogP contribution in [-0.4, -0.2) is 22.6 Å². The molecule has 1 aromatic heterocycles. The minimum Gasteiger partial charge on any atom is -0.318 e. The van der Waals surface area contributed by atoms with Crippen molar-refractivity contribution in [3.8, 4) is 0 Å². The molecule has 0 radical (unpaired) electrons. The molecule has 0 atom stereocenters. The number of hydrogen-bond acceptors (Lipinski definition) is 4. The van der Waals surface area contributed by atoms with E-state index in [0.29, 0.717) is 17.1 Å². The quantitative estimate of drug-likeness (QED) is 0.671. The lowest BCUT2D eigenvalue weighted by atomic mass is 10.1. The second-order valence-corrected chi connectivity index (χ2v) is 4.76. The first kappa shape index (κ1) is 15.4. The van der Waals surface area contributed by atoms with Gasteiger partial charge in [0, 0.05) is 17.4 Å². The number of nitrogens with one attached hydrogen (secondary N) is 2. The molecule has 1 aromatic carbocycles. The first-order valence-electron chi connectivity index (χ1n) is 6.61. The van der Waals surface area contributed by atoms with Gasteiger partial charge in [0.25, 0.3) is 0 Å². The van der Waals surface area contributed by atoms with Gasteiger partial charge in [-0.3, -0.25) is 14.4 Å². The maximum absolute atomic E-state index is 11.8. The monoisotopic (exact) mass is 297 g/mol. The van der Waals surface area contributed by atoms with Crippen molar-refractivity contribution >= 4 is 29.1 Å². The average Bonchev–Trinajstić information content (AvgIpc) is 2.50. The molecule has 2 amide bonds. The maximum Gasteiger partial charge on any atom is 0.315 e. The first-order valence-corrected chi connectivity index (χ1v) is 6.61. The standard InChI is InChI=1S/C16H15N3O3/c1-10-3-8-14(17-9-10)19-16(22)15(21)18-13-6-4-12(5-7-13)11(2)20/h3-9H,1-2H3,(H,18,21)(H,17,19,22). The van der Waals surface area contributed by atoms with Gasteiger partial charge in [-0.25, -0.2) is 4.98 Å². The molecule has 0 unspecified atom stereocenters. The van der Waals surface area contributed by atoms with Crippen molar-refractivity contribution in [2.75, 3.05) is 10.6 Å². The smallest absolute Gasteiger partial charge is 0.315 e. The SMILES string of the molecule is CC(=O)c1ccc(NC(=O)C(=O)Nc2ccc(C)cn2)cc1. The van der Waals surface area contributed by atoms with Gasteiger partial charge < -0.3 is 10.6 Å². The molecule has 0 aliphatic heterocycles. The van der Waals surface area contributed by atoms with Crippen molar-refractivity contribution in [3.05, 3.63) is 53.7 Å². The first-order chi connectivity index (χ1) is 10.5. The van der Waals surface area contributed by atoms with Gasteiger partial charge in [-0.2, -0.15) is 0 Å². The van der Waals surface area contributed by atoms with E-state index in [1.54, 1.807) is 42.6 Å². The third-order valence-corrected chi connectivity index (χ3v) is 2.91. The lowest BCUT2D eigenvalue weighted by Gasteiger charge is -2.06. The zero-order chi connectivity index (χ0) is 16.1. The van der Waals surface area contributed by atoms with E-state index in [2.05, 4.69) is 15.6 Å². The van der Waals surface area contributed by atoms with Gasteiger partial charge in [-0.1, -0.05) is 6.07 Å². The van der Waals surface area contributed by atoms with Crippen molar-refractivity contribution in [1.82, 2.24) is 4.98 Å². The number of pyridine rings is 1. The number of carbonyl (C=O) groups is 3. The summed E-state index contributed by atoms with van der Waals surface area (Å²) in [6.45, 7) is 3.33. The van der Waals surface area contributed by atoms with Crippen LogP contribution in [0.1, 0.15) is 22.8 Å². The molecule has 112 valence electrons. The van der Waals surface area contributed by atoms with E-state index in [1.165, 1.54) is 6.92 Å². The van der Waals surface area contributed by atoms with Crippen LogP contribution in [0.25, 0.3) is 0 Å². The van der Waals surface area contributed by atoms with Crippen molar-refractivity contribution in [1.29, 1.82) is 0 Å². The highest BCUT2D eigenvalue weighted by Gasteiger charge is 2.14. The summed E-state index contributed by atoms with van der Waals surface area (Å²) in [6, 6.07) is 9.68. The Morgan fingerprint density at radius 2 is 1.55 bits per heavy atom. The molecule has 0 bridgehead atoms. The Morgan fingerprint density at radius 3 is 2.09 bits per heavy atom. The highest BCUT2D eigenvalue weighted by molar-refractivity contribution is 6.43. The number of amides is 2. The van der Waals surface area contributed by atoms with Crippen LogP contribution in [0.3, 0.4) is 0 Å². The number of aryl methyl sites for hydroxylation is 1. The van der Waals surface area contributed by atoms with E-state index in [4.69, 9.17) is 0 Å². The number of anilines is 2. The number of ketones is 1. The van der Waals surface area contributed by atoms with E-state index in [0.717, 1.165) is 5.56 Å². The summed E-state index contributed by atoms with van der Waals surface area (Å²) >= 11 is 0. The van der Waals surface area contributed by atoms with Gasteiger partial charge in [0.15, 0.2) is 5.78 Å². The maximum atomic E-state index is 11.8. The van der Waals surface area contributed by atoms with E-state index in [1.807, 2.05) is 6.92 Å². The van der Waals surface area contributed by atoms with Crippen LogP contribution >= 0.6 is 0 Å². The fraction of sp³-hybridized carbons (Fsp3) is 0.125. The summed E-state index contributed by atoms with van der Waals surface area (Å²) in [5.41, 5.74) is 1.92. The predicted molar refractivity (Wildman–Crippen MR) is 82.7 cm³/mol. The molecule has 2 aromatic rings. The number of aromatic nitrogens is 1. The van der Waals surface area contributed by atoms with Crippen molar-refractivity contribution in [2.45, 2.75) is 13.8 Å². The summed E-state index contributed by atoms with van der Waals surface area (Å²) < 4.78 is 0. The third-order valence-electron chi connectivity index (χ3n) is 2.91. The Morgan fingerprint density at radius 1 is 0.909 bits per heavy atom. The Balaban J connectivity index is 1.97. The second-order valence-electron chi connectivity index (χ2n) is 4.76. The highest BCUT2D eigenvalue weighted by atomic mass is 16.2.